The first-order valence-electron chi connectivity index (χ1n) is 6.06. The standard InChI is InChI=1S/C13H17FN2OS/c1-8(11-6-3-7-17-11)16-10-5-2-4-9(14)12(10)13(15)18/h2,4-5,8,11,16H,3,6-7H2,1H3,(H2,15,18). The lowest BCUT2D eigenvalue weighted by atomic mass is 10.1. The van der Waals surface area contributed by atoms with Gasteiger partial charge < -0.3 is 15.8 Å². The molecule has 98 valence electrons. The van der Waals surface area contributed by atoms with E-state index in [0.717, 1.165) is 19.4 Å². The number of nitrogens with two attached hydrogens (primary N) is 1. The number of hydrogen-bond donors (Lipinski definition) is 2. The summed E-state index contributed by atoms with van der Waals surface area (Å²) in [5, 5.41) is 3.24. The molecule has 0 spiro atoms. The van der Waals surface area contributed by atoms with Crippen molar-refractivity contribution in [2.75, 3.05) is 11.9 Å². The Morgan fingerprint density at radius 1 is 1.61 bits per heavy atom. The smallest absolute Gasteiger partial charge is 0.135 e. The van der Waals surface area contributed by atoms with E-state index in [0.29, 0.717) is 5.69 Å². The zero-order valence-electron chi connectivity index (χ0n) is 10.3. The van der Waals surface area contributed by atoms with Crippen LogP contribution in [-0.4, -0.2) is 23.7 Å². The third-order valence-electron chi connectivity index (χ3n) is 3.17. The molecule has 2 rings (SSSR count). The summed E-state index contributed by atoms with van der Waals surface area (Å²) in [6.45, 7) is 2.81. The minimum absolute atomic E-state index is 0.0649. The molecule has 2 atom stereocenters. The van der Waals surface area contributed by atoms with E-state index >= 15 is 0 Å². The fraction of sp³-hybridized carbons (Fsp3) is 0.462. The monoisotopic (exact) mass is 268 g/mol. The van der Waals surface area contributed by atoms with Crippen molar-refractivity contribution < 1.29 is 9.13 Å². The average molecular weight is 268 g/mol. The number of halogens is 1. The van der Waals surface area contributed by atoms with Crippen LogP contribution >= 0.6 is 12.2 Å². The van der Waals surface area contributed by atoms with Crippen molar-refractivity contribution in [3.05, 3.63) is 29.6 Å². The van der Waals surface area contributed by atoms with Crippen molar-refractivity contribution in [2.24, 2.45) is 5.73 Å². The van der Waals surface area contributed by atoms with E-state index in [9.17, 15) is 4.39 Å². The first kappa shape index (κ1) is 13.2. The van der Waals surface area contributed by atoms with E-state index in [1.165, 1.54) is 6.07 Å². The molecule has 1 saturated heterocycles. The Balaban J connectivity index is 2.17. The topological polar surface area (TPSA) is 47.3 Å². The van der Waals surface area contributed by atoms with Crippen molar-refractivity contribution in [1.82, 2.24) is 0 Å². The Morgan fingerprint density at radius 2 is 2.39 bits per heavy atom. The minimum atomic E-state index is -0.396. The summed E-state index contributed by atoms with van der Waals surface area (Å²) < 4.78 is 19.3. The van der Waals surface area contributed by atoms with E-state index in [2.05, 4.69) is 5.32 Å². The molecule has 0 saturated carbocycles. The molecular weight excluding hydrogens is 251 g/mol. The van der Waals surface area contributed by atoms with Gasteiger partial charge in [0.25, 0.3) is 0 Å². The molecule has 1 aliphatic rings. The average Bonchev–Trinajstić information content (AvgIpc) is 2.81. The fourth-order valence-corrected chi connectivity index (χ4v) is 2.44. The molecule has 5 heteroatoms. The number of anilines is 1. The van der Waals surface area contributed by atoms with Gasteiger partial charge in [0, 0.05) is 18.3 Å². The van der Waals surface area contributed by atoms with Crippen LogP contribution in [0.25, 0.3) is 0 Å². The molecule has 0 bridgehead atoms. The highest BCUT2D eigenvalue weighted by molar-refractivity contribution is 7.80. The Bertz CT molecular complexity index is 447. The van der Waals surface area contributed by atoms with E-state index in [1.807, 2.05) is 6.92 Å². The summed E-state index contributed by atoms with van der Waals surface area (Å²) in [4.78, 5) is 0.0649. The molecule has 18 heavy (non-hydrogen) atoms. The molecule has 0 radical (unpaired) electrons. The number of rotatable bonds is 4. The van der Waals surface area contributed by atoms with Gasteiger partial charge in [-0.1, -0.05) is 18.3 Å². The number of hydrogen-bond acceptors (Lipinski definition) is 3. The number of benzene rings is 1. The Hall–Kier alpha value is -1.20. The summed E-state index contributed by atoms with van der Waals surface area (Å²) in [5.41, 5.74) is 6.47. The van der Waals surface area contributed by atoms with E-state index in [-0.39, 0.29) is 22.7 Å². The predicted octanol–water partition coefficient (Wildman–Crippen LogP) is 2.44. The Morgan fingerprint density at radius 3 is 3.00 bits per heavy atom. The van der Waals surface area contributed by atoms with Crippen LogP contribution < -0.4 is 11.1 Å². The maximum absolute atomic E-state index is 13.7. The zero-order valence-corrected chi connectivity index (χ0v) is 11.1. The summed E-state index contributed by atoms with van der Waals surface area (Å²) in [6.07, 6.45) is 2.25. The lowest BCUT2D eigenvalue weighted by Gasteiger charge is -2.22. The first-order chi connectivity index (χ1) is 8.59. The molecule has 1 heterocycles. The lowest BCUT2D eigenvalue weighted by molar-refractivity contribution is 0.0996. The van der Waals surface area contributed by atoms with Gasteiger partial charge in [-0.25, -0.2) is 4.39 Å². The minimum Gasteiger partial charge on any atom is -0.389 e. The van der Waals surface area contributed by atoms with Crippen LogP contribution in [0.3, 0.4) is 0 Å². The van der Waals surface area contributed by atoms with Crippen LogP contribution in [0.5, 0.6) is 0 Å². The maximum atomic E-state index is 13.7. The predicted molar refractivity (Wildman–Crippen MR) is 74.3 cm³/mol. The van der Waals surface area contributed by atoms with Gasteiger partial charge >= 0.3 is 0 Å². The zero-order chi connectivity index (χ0) is 13.1. The Labute approximate surface area is 112 Å². The van der Waals surface area contributed by atoms with Gasteiger partial charge in [0.1, 0.15) is 10.8 Å². The highest BCUT2D eigenvalue weighted by Gasteiger charge is 2.23. The normalized spacial score (nSPS) is 20.7. The summed E-state index contributed by atoms with van der Waals surface area (Å²) in [5.74, 6) is -0.396. The molecule has 2 unspecified atom stereocenters. The van der Waals surface area contributed by atoms with Crippen molar-refractivity contribution in [2.45, 2.75) is 31.9 Å². The van der Waals surface area contributed by atoms with Crippen LogP contribution in [0.2, 0.25) is 0 Å². The van der Waals surface area contributed by atoms with Gasteiger partial charge in [-0.2, -0.15) is 0 Å². The maximum Gasteiger partial charge on any atom is 0.135 e. The van der Waals surface area contributed by atoms with Gasteiger partial charge in [0.05, 0.1) is 11.7 Å². The number of nitrogens with one attached hydrogen (secondary N) is 1. The third-order valence-corrected chi connectivity index (χ3v) is 3.37. The second-order valence-electron chi connectivity index (χ2n) is 4.51. The van der Waals surface area contributed by atoms with Crippen molar-refractivity contribution in [3.63, 3.8) is 0 Å². The quantitative estimate of drug-likeness (QED) is 0.823. The molecular formula is C13H17FN2OS. The molecule has 3 nitrogen and oxygen atoms in total. The molecule has 1 aromatic rings. The number of thiocarbonyl (C=S) groups is 1. The van der Waals surface area contributed by atoms with E-state index in [1.54, 1.807) is 12.1 Å². The largest absolute Gasteiger partial charge is 0.389 e. The van der Waals surface area contributed by atoms with Gasteiger partial charge in [-0.15, -0.1) is 0 Å². The van der Waals surface area contributed by atoms with Gasteiger partial charge in [-0.3, -0.25) is 0 Å². The molecule has 0 aromatic heterocycles. The van der Waals surface area contributed by atoms with Crippen LogP contribution in [0.15, 0.2) is 18.2 Å². The highest BCUT2D eigenvalue weighted by atomic mass is 32.1. The molecule has 1 aliphatic heterocycles. The molecule has 0 aliphatic carbocycles. The molecule has 3 N–H and O–H groups in total. The van der Waals surface area contributed by atoms with Gasteiger partial charge in [0.15, 0.2) is 0 Å². The molecule has 1 aromatic carbocycles. The SMILES string of the molecule is CC(Nc1cccc(F)c1C(N)=S)C1CCCO1. The highest BCUT2D eigenvalue weighted by Crippen LogP contribution is 2.23. The molecule has 0 amide bonds. The Kier molecular flexibility index (Phi) is 4.14. The third kappa shape index (κ3) is 2.79. The van der Waals surface area contributed by atoms with E-state index in [4.69, 9.17) is 22.7 Å². The summed E-state index contributed by atoms with van der Waals surface area (Å²) in [6, 6.07) is 4.88. The van der Waals surface area contributed by atoms with Crippen LogP contribution in [0.4, 0.5) is 10.1 Å². The summed E-state index contributed by atoms with van der Waals surface area (Å²) >= 11 is 4.89. The van der Waals surface area contributed by atoms with Crippen molar-refractivity contribution in [3.8, 4) is 0 Å². The van der Waals surface area contributed by atoms with E-state index < -0.39 is 5.82 Å². The van der Waals surface area contributed by atoms with Gasteiger partial charge in [-0.05, 0) is 31.9 Å². The van der Waals surface area contributed by atoms with Crippen molar-refractivity contribution in [1.29, 1.82) is 0 Å². The summed E-state index contributed by atoms with van der Waals surface area (Å²) in [7, 11) is 0. The van der Waals surface area contributed by atoms with Crippen LogP contribution in [0, 0.1) is 5.82 Å². The first-order valence-corrected chi connectivity index (χ1v) is 6.47. The lowest BCUT2D eigenvalue weighted by Crippen LogP contribution is -2.31. The fourth-order valence-electron chi connectivity index (χ4n) is 2.23. The second kappa shape index (κ2) is 5.63. The molecule has 1 fully saturated rings. The second-order valence-corrected chi connectivity index (χ2v) is 4.95. The van der Waals surface area contributed by atoms with Gasteiger partial charge in [0.2, 0.25) is 0 Å². The van der Waals surface area contributed by atoms with Crippen molar-refractivity contribution >= 4 is 22.9 Å². The number of ether oxygens (including phenoxy) is 1. The van der Waals surface area contributed by atoms with Crippen LogP contribution in [0.1, 0.15) is 25.3 Å². The van der Waals surface area contributed by atoms with Crippen LogP contribution in [-0.2, 0) is 4.74 Å².